The van der Waals surface area contributed by atoms with Gasteiger partial charge in [0, 0.05) is 12.6 Å². The summed E-state index contributed by atoms with van der Waals surface area (Å²) in [5.74, 6) is 2.19. The van der Waals surface area contributed by atoms with Crippen molar-refractivity contribution in [3.05, 3.63) is 22.1 Å². The topological polar surface area (TPSA) is 81.1 Å². The fourth-order valence-corrected chi connectivity index (χ4v) is 5.29. The van der Waals surface area contributed by atoms with E-state index in [4.69, 9.17) is 5.73 Å². The second kappa shape index (κ2) is 4.07. The number of aromatic nitrogens is 2. The highest BCUT2D eigenvalue weighted by Crippen LogP contribution is 2.58. The predicted octanol–water partition coefficient (Wildman–Crippen LogP) is 1.33. The van der Waals surface area contributed by atoms with Crippen LogP contribution in [0.2, 0.25) is 0 Å². The van der Waals surface area contributed by atoms with E-state index in [9.17, 15) is 9.90 Å². The molecule has 0 radical (unpaired) electrons. The largest absolute Gasteiger partial charge is 0.506 e. The summed E-state index contributed by atoms with van der Waals surface area (Å²) in [5, 5.41) is 14.2. The summed E-state index contributed by atoms with van der Waals surface area (Å²) in [5.41, 5.74) is 5.77. The average Bonchev–Trinajstić information content (AvgIpc) is 2.36. The van der Waals surface area contributed by atoms with Crippen LogP contribution in [-0.4, -0.2) is 14.9 Å². The van der Waals surface area contributed by atoms with Gasteiger partial charge >= 0.3 is 0 Å². The molecule has 4 bridgehead atoms. The Morgan fingerprint density at radius 2 is 1.80 bits per heavy atom. The molecule has 0 spiro atoms. The van der Waals surface area contributed by atoms with Crippen molar-refractivity contribution >= 4 is 0 Å². The van der Waals surface area contributed by atoms with Crippen LogP contribution in [-0.2, 0) is 12.1 Å². The van der Waals surface area contributed by atoms with Crippen LogP contribution < -0.4 is 11.3 Å². The van der Waals surface area contributed by atoms with E-state index in [2.05, 4.69) is 5.10 Å². The minimum Gasteiger partial charge on any atom is -0.506 e. The van der Waals surface area contributed by atoms with E-state index in [0.717, 1.165) is 37.0 Å². The molecule has 5 rings (SSSR count). The van der Waals surface area contributed by atoms with Gasteiger partial charge in [0.05, 0.1) is 5.54 Å². The van der Waals surface area contributed by atoms with Crippen LogP contribution in [0.15, 0.2) is 10.9 Å². The summed E-state index contributed by atoms with van der Waals surface area (Å²) in [7, 11) is 0. The zero-order valence-corrected chi connectivity index (χ0v) is 11.6. The maximum absolute atomic E-state index is 12.3. The van der Waals surface area contributed by atoms with Crippen molar-refractivity contribution in [2.45, 2.75) is 50.6 Å². The van der Waals surface area contributed by atoms with Gasteiger partial charge in [-0.15, -0.1) is 0 Å². The number of hydrogen-bond acceptors (Lipinski definition) is 4. The summed E-state index contributed by atoms with van der Waals surface area (Å²) in [6.45, 7) is 0.165. The highest BCUT2D eigenvalue weighted by Gasteiger charge is 2.52. The van der Waals surface area contributed by atoms with E-state index in [1.807, 2.05) is 0 Å². The standard InChI is InChI=1S/C15H21N3O2/c16-8-12-13(19)4-14(20)18(17-12)15-5-9-1-10(6-15)3-11(2-9)7-15/h4,9-11,19H,1-3,5-8,16H2. The van der Waals surface area contributed by atoms with Gasteiger partial charge in [0.15, 0.2) is 0 Å². The number of rotatable bonds is 2. The first kappa shape index (κ1) is 12.4. The summed E-state index contributed by atoms with van der Waals surface area (Å²) >= 11 is 0. The molecule has 1 heterocycles. The fourth-order valence-electron chi connectivity index (χ4n) is 5.29. The van der Waals surface area contributed by atoms with Crippen molar-refractivity contribution in [3.63, 3.8) is 0 Å². The van der Waals surface area contributed by atoms with Crippen LogP contribution in [0.3, 0.4) is 0 Å². The highest BCUT2D eigenvalue weighted by molar-refractivity contribution is 5.23. The third kappa shape index (κ3) is 1.65. The summed E-state index contributed by atoms with van der Waals surface area (Å²) in [6.07, 6.45) is 7.20. The zero-order chi connectivity index (χ0) is 13.9. The Hall–Kier alpha value is -1.36. The lowest BCUT2D eigenvalue weighted by atomic mass is 9.53. The normalized spacial score (nSPS) is 38.4. The molecule has 4 saturated carbocycles. The lowest BCUT2D eigenvalue weighted by Gasteiger charge is -2.56. The zero-order valence-electron chi connectivity index (χ0n) is 11.6. The number of aromatic hydroxyl groups is 1. The molecular weight excluding hydrogens is 254 g/mol. The Morgan fingerprint density at radius 3 is 2.30 bits per heavy atom. The first-order valence-electron chi connectivity index (χ1n) is 7.62. The van der Waals surface area contributed by atoms with Crippen LogP contribution in [0.1, 0.15) is 44.2 Å². The molecule has 108 valence electrons. The van der Waals surface area contributed by atoms with Gasteiger partial charge in [0.25, 0.3) is 5.56 Å². The van der Waals surface area contributed by atoms with E-state index in [-0.39, 0.29) is 23.4 Å². The molecule has 4 aliphatic rings. The smallest absolute Gasteiger partial charge is 0.270 e. The van der Waals surface area contributed by atoms with Gasteiger partial charge in [0.2, 0.25) is 0 Å². The maximum Gasteiger partial charge on any atom is 0.270 e. The van der Waals surface area contributed by atoms with Gasteiger partial charge in [-0.3, -0.25) is 4.79 Å². The van der Waals surface area contributed by atoms with Crippen molar-refractivity contribution in [2.75, 3.05) is 0 Å². The molecule has 0 aromatic carbocycles. The highest BCUT2D eigenvalue weighted by atomic mass is 16.3. The van der Waals surface area contributed by atoms with Crippen molar-refractivity contribution in [1.82, 2.24) is 9.78 Å². The minimum absolute atomic E-state index is 0.0709. The van der Waals surface area contributed by atoms with E-state index in [1.54, 1.807) is 4.68 Å². The van der Waals surface area contributed by atoms with Gasteiger partial charge in [-0.1, -0.05) is 0 Å². The van der Waals surface area contributed by atoms with E-state index >= 15 is 0 Å². The Bertz CT molecular complexity index is 572. The lowest BCUT2D eigenvalue weighted by molar-refractivity contribution is -0.0523. The Kier molecular flexibility index (Phi) is 2.52. The van der Waals surface area contributed by atoms with E-state index in [0.29, 0.717) is 5.69 Å². The fraction of sp³-hybridized carbons (Fsp3) is 0.733. The molecule has 1 aromatic heterocycles. The van der Waals surface area contributed by atoms with Crippen LogP contribution >= 0.6 is 0 Å². The molecule has 0 unspecified atom stereocenters. The molecule has 4 fully saturated rings. The van der Waals surface area contributed by atoms with Crippen molar-refractivity contribution in [3.8, 4) is 5.75 Å². The van der Waals surface area contributed by atoms with E-state index < -0.39 is 0 Å². The molecule has 5 heteroatoms. The van der Waals surface area contributed by atoms with E-state index in [1.165, 1.54) is 25.3 Å². The van der Waals surface area contributed by atoms with Gasteiger partial charge in [-0.05, 0) is 56.3 Å². The summed E-state index contributed by atoms with van der Waals surface area (Å²) < 4.78 is 1.67. The molecule has 3 N–H and O–H groups in total. The number of nitrogens with two attached hydrogens (primary N) is 1. The third-order valence-corrected chi connectivity index (χ3v) is 5.63. The number of nitrogens with zero attached hydrogens (tertiary/aromatic N) is 2. The quantitative estimate of drug-likeness (QED) is 0.853. The molecule has 0 atom stereocenters. The van der Waals surface area contributed by atoms with Gasteiger partial charge in [0.1, 0.15) is 11.4 Å². The lowest BCUT2D eigenvalue weighted by Crippen LogP contribution is -2.55. The van der Waals surface area contributed by atoms with Gasteiger partial charge in [-0.25, -0.2) is 4.68 Å². The van der Waals surface area contributed by atoms with Crippen LogP contribution in [0.5, 0.6) is 5.75 Å². The first-order valence-corrected chi connectivity index (χ1v) is 7.62. The Balaban J connectivity index is 1.82. The predicted molar refractivity (Wildman–Crippen MR) is 74.2 cm³/mol. The number of hydrogen-bond donors (Lipinski definition) is 2. The monoisotopic (exact) mass is 275 g/mol. The molecule has 5 nitrogen and oxygen atoms in total. The first-order chi connectivity index (χ1) is 9.59. The Morgan fingerprint density at radius 1 is 1.25 bits per heavy atom. The molecule has 0 amide bonds. The minimum atomic E-state index is -0.179. The van der Waals surface area contributed by atoms with Crippen LogP contribution in [0.4, 0.5) is 0 Å². The molecule has 0 aliphatic heterocycles. The SMILES string of the molecule is NCc1nn(C23CC4CC(CC(C4)C2)C3)c(=O)cc1O. The molecule has 1 aromatic rings. The summed E-state index contributed by atoms with van der Waals surface area (Å²) in [4.78, 5) is 12.3. The molecule has 4 aliphatic carbocycles. The van der Waals surface area contributed by atoms with Crippen LogP contribution in [0.25, 0.3) is 0 Å². The van der Waals surface area contributed by atoms with Crippen LogP contribution in [0, 0.1) is 17.8 Å². The third-order valence-electron chi connectivity index (χ3n) is 5.63. The summed E-state index contributed by atoms with van der Waals surface area (Å²) in [6, 6.07) is 1.29. The van der Waals surface area contributed by atoms with Gasteiger partial charge < -0.3 is 10.8 Å². The van der Waals surface area contributed by atoms with Gasteiger partial charge in [-0.2, -0.15) is 5.10 Å². The second-order valence-corrected chi connectivity index (χ2v) is 7.07. The maximum atomic E-state index is 12.3. The van der Waals surface area contributed by atoms with Crippen molar-refractivity contribution in [1.29, 1.82) is 0 Å². The second-order valence-electron chi connectivity index (χ2n) is 7.07. The van der Waals surface area contributed by atoms with Crippen molar-refractivity contribution < 1.29 is 5.11 Å². The average molecular weight is 275 g/mol. The Labute approximate surface area is 117 Å². The molecule has 0 saturated heterocycles. The molecule has 20 heavy (non-hydrogen) atoms. The van der Waals surface area contributed by atoms with Crippen molar-refractivity contribution in [2.24, 2.45) is 23.5 Å². The molecular formula is C15H21N3O2.